The van der Waals surface area contributed by atoms with Gasteiger partial charge in [-0.3, -0.25) is 14.4 Å². The van der Waals surface area contributed by atoms with E-state index in [0.29, 0.717) is 10.6 Å². The van der Waals surface area contributed by atoms with Crippen molar-refractivity contribution in [3.63, 3.8) is 0 Å². The molecule has 0 bridgehead atoms. The SMILES string of the molecule is CC(C)[C@H](N)C(=O)NCC(=O)NCCNC(=O)c1ccc(Cl)cc1.Cl. The van der Waals surface area contributed by atoms with Gasteiger partial charge < -0.3 is 21.7 Å². The molecular formula is C16H24Cl2N4O3. The van der Waals surface area contributed by atoms with Crippen LogP contribution in [0.4, 0.5) is 0 Å². The van der Waals surface area contributed by atoms with Crippen LogP contribution in [0.25, 0.3) is 0 Å². The Morgan fingerprint density at radius 1 is 1.04 bits per heavy atom. The lowest BCUT2D eigenvalue weighted by Gasteiger charge is -2.15. The van der Waals surface area contributed by atoms with E-state index in [-0.39, 0.29) is 55.7 Å². The highest BCUT2D eigenvalue weighted by atomic mass is 35.5. The summed E-state index contributed by atoms with van der Waals surface area (Å²) in [5, 5.41) is 8.28. The van der Waals surface area contributed by atoms with Gasteiger partial charge in [-0.05, 0) is 30.2 Å². The monoisotopic (exact) mass is 390 g/mol. The molecule has 5 N–H and O–H groups in total. The molecule has 1 rings (SSSR count). The number of carbonyl (C=O) groups excluding carboxylic acids is 3. The Hall–Kier alpha value is -1.83. The number of nitrogens with one attached hydrogen (secondary N) is 3. The van der Waals surface area contributed by atoms with Crippen LogP contribution >= 0.6 is 24.0 Å². The smallest absolute Gasteiger partial charge is 0.251 e. The first kappa shape index (κ1) is 23.2. The number of hydrogen-bond donors (Lipinski definition) is 4. The topological polar surface area (TPSA) is 113 Å². The highest BCUT2D eigenvalue weighted by Gasteiger charge is 2.17. The summed E-state index contributed by atoms with van der Waals surface area (Å²) in [5.41, 5.74) is 6.15. The van der Waals surface area contributed by atoms with Gasteiger partial charge in [0.2, 0.25) is 11.8 Å². The third kappa shape index (κ3) is 8.72. The van der Waals surface area contributed by atoms with Gasteiger partial charge in [-0.1, -0.05) is 25.4 Å². The number of amides is 3. The van der Waals surface area contributed by atoms with Crippen molar-refractivity contribution in [3.05, 3.63) is 34.9 Å². The fourth-order valence-electron chi connectivity index (χ4n) is 1.73. The lowest BCUT2D eigenvalue weighted by molar-refractivity contribution is -0.127. The second-order valence-electron chi connectivity index (χ2n) is 5.60. The zero-order chi connectivity index (χ0) is 18.1. The van der Waals surface area contributed by atoms with Crippen molar-refractivity contribution < 1.29 is 14.4 Å². The molecule has 0 radical (unpaired) electrons. The molecule has 9 heteroatoms. The first-order valence-corrected chi connectivity index (χ1v) is 8.02. The van der Waals surface area contributed by atoms with Crippen LogP contribution in [-0.4, -0.2) is 43.4 Å². The van der Waals surface area contributed by atoms with E-state index in [2.05, 4.69) is 16.0 Å². The van der Waals surface area contributed by atoms with Crippen LogP contribution < -0.4 is 21.7 Å². The third-order valence-corrected chi connectivity index (χ3v) is 3.54. The summed E-state index contributed by atoms with van der Waals surface area (Å²) >= 11 is 5.75. The highest BCUT2D eigenvalue weighted by molar-refractivity contribution is 6.30. The standard InChI is InChI=1S/C16H23ClN4O3.ClH/c1-10(2)14(18)16(24)21-9-13(22)19-7-8-20-15(23)11-3-5-12(17)6-4-11;/h3-6,10,14H,7-9,18H2,1-2H3,(H,19,22)(H,20,23)(H,21,24);1H/t14-;/m0./s1. The molecule has 0 unspecified atom stereocenters. The van der Waals surface area contributed by atoms with E-state index in [1.54, 1.807) is 24.3 Å². The van der Waals surface area contributed by atoms with Crippen LogP contribution in [0.15, 0.2) is 24.3 Å². The zero-order valence-corrected chi connectivity index (χ0v) is 15.7. The van der Waals surface area contributed by atoms with Gasteiger partial charge >= 0.3 is 0 Å². The van der Waals surface area contributed by atoms with Gasteiger partial charge in [0.25, 0.3) is 5.91 Å². The third-order valence-electron chi connectivity index (χ3n) is 3.28. The van der Waals surface area contributed by atoms with E-state index in [0.717, 1.165) is 0 Å². The first-order chi connectivity index (χ1) is 11.3. The van der Waals surface area contributed by atoms with Crippen molar-refractivity contribution in [2.75, 3.05) is 19.6 Å². The van der Waals surface area contributed by atoms with E-state index < -0.39 is 6.04 Å². The molecule has 0 aliphatic carbocycles. The van der Waals surface area contributed by atoms with Crippen molar-refractivity contribution >= 4 is 41.7 Å². The number of hydrogen-bond acceptors (Lipinski definition) is 4. The number of benzene rings is 1. The fraction of sp³-hybridized carbons (Fsp3) is 0.438. The normalized spacial score (nSPS) is 11.2. The van der Waals surface area contributed by atoms with Crippen LogP contribution in [0.2, 0.25) is 5.02 Å². The van der Waals surface area contributed by atoms with Crippen molar-refractivity contribution in [1.29, 1.82) is 0 Å². The summed E-state index contributed by atoms with van der Waals surface area (Å²) in [6.45, 7) is 4.03. The van der Waals surface area contributed by atoms with Crippen molar-refractivity contribution in [1.82, 2.24) is 16.0 Å². The van der Waals surface area contributed by atoms with E-state index >= 15 is 0 Å². The lowest BCUT2D eigenvalue weighted by Crippen LogP contribution is -2.47. The summed E-state index contributed by atoms with van der Waals surface area (Å²) < 4.78 is 0. The summed E-state index contributed by atoms with van der Waals surface area (Å²) in [6.07, 6.45) is 0. The van der Waals surface area contributed by atoms with E-state index in [9.17, 15) is 14.4 Å². The minimum Gasteiger partial charge on any atom is -0.353 e. The predicted molar refractivity (Wildman–Crippen MR) is 99.9 cm³/mol. The Labute approximate surface area is 158 Å². The molecule has 1 atom stereocenters. The Balaban J connectivity index is 0.00000576. The Morgan fingerprint density at radius 2 is 1.60 bits per heavy atom. The molecule has 0 spiro atoms. The van der Waals surface area contributed by atoms with E-state index in [1.165, 1.54) is 0 Å². The average molecular weight is 391 g/mol. The summed E-state index contributed by atoms with van der Waals surface area (Å²) in [7, 11) is 0. The molecule has 3 amide bonds. The van der Waals surface area contributed by atoms with Crippen LogP contribution in [0.3, 0.4) is 0 Å². The Bertz CT molecular complexity index is 579. The predicted octanol–water partition coefficient (Wildman–Crippen LogP) is 0.707. The van der Waals surface area contributed by atoms with Crippen LogP contribution in [0.1, 0.15) is 24.2 Å². The number of carbonyl (C=O) groups is 3. The average Bonchev–Trinajstić information content (AvgIpc) is 2.56. The summed E-state index contributed by atoms with van der Waals surface area (Å²) in [5.74, 6) is -0.968. The maximum atomic E-state index is 11.8. The Morgan fingerprint density at radius 3 is 2.16 bits per heavy atom. The molecule has 0 aliphatic rings. The molecule has 1 aromatic rings. The minimum absolute atomic E-state index is 0. The maximum absolute atomic E-state index is 11.8. The fourth-order valence-corrected chi connectivity index (χ4v) is 1.86. The molecular weight excluding hydrogens is 367 g/mol. The van der Waals surface area contributed by atoms with Gasteiger partial charge in [0.1, 0.15) is 0 Å². The van der Waals surface area contributed by atoms with Crippen LogP contribution in [-0.2, 0) is 9.59 Å². The van der Waals surface area contributed by atoms with Gasteiger partial charge in [0.05, 0.1) is 12.6 Å². The lowest BCUT2D eigenvalue weighted by atomic mass is 10.1. The van der Waals surface area contributed by atoms with E-state index in [4.69, 9.17) is 17.3 Å². The molecule has 140 valence electrons. The minimum atomic E-state index is -0.642. The summed E-state index contributed by atoms with van der Waals surface area (Å²) in [6, 6.07) is 5.84. The molecule has 0 fully saturated rings. The largest absolute Gasteiger partial charge is 0.353 e. The number of halogens is 2. The summed E-state index contributed by atoms with van der Waals surface area (Å²) in [4.78, 5) is 35.0. The highest BCUT2D eigenvalue weighted by Crippen LogP contribution is 2.09. The van der Waals surface area contributed by atoms with Gasteiger partial charge in [0, 0.05) is 23.7 Å². The maximum Gasteiger partial charge on any atom is 0.251 e. The molecule has 7 nitrogen and oxygen atoms in total. The second-order valence-corrected chi connectivity index (χ2v) is 6.04. The van der Waals surface area contributed by atoms with Crippen LogP contribution in [0.5, 0.6) is 0 Å². The molecule has 25 heavy (non-hydrogen) atoms. The molecule has 0 saturated carbocycles. The molecule has 0 saturated heterocycles. The molecule has 0 heterocycles. The Kier molecular flexibility index (Phi) is 10.8. The molecule has 0 aromatic heterocycles. The zero-order valence-electron chi connectivity index (χ0n) is 14.2. The van der Waals surface area contributed by atoms with Crippen molar-refractivity contribution in [2.24, 2.45) is 11.7 Å². The van der Waals surface area contributed by atoms with Crippen molar-refractivity contribution in [2.45, 2.75) is 19.9 Å². The second kappa shape index (κ2) is 11.7. The van der Waals surface area contributed by atoms with Crippen LogP contribution in [0, 0.1) is 5.92 Å². The van der Waals surface area contributed by atoms with Gasteiger partial charge in [-0.15, -0.1) is 12.4 Å². The number of rotatable bonds is 8. The number of nitrogens with two attached hydrogens (primary N) is 1. The first-order valence-electron chi connectivity index (χ1n) is 7.65. The van der Waals surface area contributed by atoms with Crippen molar-refractivity contribution in [3.8, 4) is 0 Å². The van der Waals surface area contributed by atoms with Gasteiger partial charge in [-0.25, -0.2) is 0 Å². The van der Waals surface area contributed by atoms with Gasteiger partial charge in [0.15, 0.2) is 0 Å². The quantitative estimate of drug-likeness (QED) is 0.489. The molecule has 0 aliphatic heterocycles. The van der Waals surface area contributed by atoms with E-state index in [1.807, 2.05) is 13.8 Å². The van der Waals surface area contributed by atoms with Gasteiger partial charge in [-0.2, -0.15) is 0 Å². The molecule has 1 aromatic carbocycles.